The minimum Gasteiger partial charge on any atom is -0.504 e. The first kappa shape index (κ1) is 15.1. The van der Waals surface area contributed by atoms with Crippen molar-refractivity contribution in [3.05, 3.63) is 23.3 Å². The molecule has 0 amide bonds. The fourth-order valence-electron chi connectivity index (χ4n) is 2.48. The second kappa shape index (κ2) is 6.02. The molecule has 0 aromatic heterocycles. The molecule has 1 aromatic rings. The summed E-state index contributed by atoms with van der Waals surface area (Å²) in [6.07, 6.45) is 0. The molecule has 0 atom stereocenters. The molecule has 1 fully saturated rings. The van der Waals surface area contributed by atoms with Crippen molar-refractivity contribution in [1.82, 2.24) is 10.2 Å². The Morgan fingerprint density at radius 2 is 1.90 bits per heavy atom. The maximum absolute atomic E-state index is 10.3. The molecule has 1 aromatic carbocycles. The number of phenolic OH excluding ortho intramolecular Hbond substituents is 1. The van der Waals surface area contributed by atoms with Gasteiger partial charge in [0.1, 0.15) is 0 Å². The van der Waals surface area contributed by atoms with Gasteiger partial charge in [0.25, 0.3) is 0 Å². The monoisotopic (exact) mass is 278 g/mol. The van der Waals surface area contributed by atoms with Gasteiger partial charge in [-0.15, -0.1) is 0 Å². The lowest BCUT2D eigenvalue weighted by Crippen LogP contribution is -2.42. The van der Waals surface area contributed by atoms with Crippen molar-refractivity contribution in [2.75, 3.05) is 33.3 Å². The molecule has 0 aliphatic carbocycles. The molecule has 4 heteroatoms. The maximum atomic E-state index is 10.3. The first-order valence-electron chi connectivity index (χ1n) is 7.25. The topological polar surface area (TPSA) is 44.7 Å². The first-order chi connectivity index (χ1) is 9.41. The fraction of sp³-hybridized carbons (Fsp3) is 0.625. The Labute approximate surface area is 121 Å². The number of hydrogen-bond acceptors (Lipinski definition) is 4. The van der Waals surface area contributed by atoms with Gasteiger partial charge >= 0.3 is 0 Å². The van der Waals surface area contributed by atoms with E-state index in [1.54, 1.807) is 7.11 Å². The lowest BCUT2D eigenvalue weighted by atomic mass is 9.85. The molecule has 0 spiro atoms. The molecule has 2 rings (SSSR count). The van der Waals surface area contributed by atoms with Crippen LogP contribution in [-0.4, -0.2) is 43.3 Å². The van der Waals surface area contributed by atoms with Crippen LogP contribution in [0.5, 0.6) is 11.5 Å². The van der Waals surface area contributed by atoms with Gasteiger partial charge in [-0.3, -0.25) is 4.90 Å². The molecular formula is C16H26N2O2. The van der Waals surface area contributed by atoms with E-state index in [9.17, 15) is 5.11 Å². The second-order valence-corrected chi connectivity index (χ2v) is 6.46. The number of piperazine rings is 1. The summed E-state index contributed by atoms with van der Waals surface area (Å²) in [4.78, 5) is 2.36. The van der Waals surface area contributed by atoms with E-state index in [2.05, 4.69) is 37.1 Å². The van der Waals surface area contributed by atoms with Crippen LogP contribution >= 0.6 is 0 Å². The molecule has 1 saturated heterocycles. The number of benzene rings is 1. The van der Waals surface area contributed by atoms with Gasteiger partial charge in [0.05, 0.1) is 7.11 Å². The van der Waals surface area contributed by atoms with E-state index in [1.165, 1.54) is 5.56 Å². The van der Waals surface area contributed by atoms with Crippen molar-refractivity contribution in [1.29, 1.82) is 0 Å². The van der Waals surface area contributed by atoms with E-state index >= 15 is 0 Å². The second-order valence-electron chi connectivity index (χ2n) is 6.46. The predicted molar refractivity (Wildman–Crippen MR) is 81.5 cm³/mol. The Kier molecular flexibility index (Phi) is 4.55. The summed E-state index contributed by atoms with van der Waals surface area (Å²) in [6, 6.07) is 4.05. The van der Waals surface area contributed by atoms with Gasteiger partial charge in [0.15, 0.2) is 11.5 Å². The summed E-state index contributed by atoms with van der Waals surface area (Å²) in [6.45, 7) is 11.3. The van der Waals surface area contributed by atoms with E-state index in [0.717, 1.165) is 38.3 Å². The van der Waals surface area contributed by atoms with Crippen LogP contribution in [0.15, 0.2) is 12.1 Å². The van der Waals surface area contributed by atoms with Crippen molar-refractivity contribution in [2.45, 2.75) is 32.7 Å². The average molecular weight is 278 g/mol. The standard InChI is InChI=1S/C16H26N2O2/c1-16(2,3)13-9-12(15(19)14(10-13)20-4)11-18-7-5-17-6-8-18/h9-10,17,19H,5-8,11H2,1-4H3. The Bertz CT molecular complexity index is 460. The zero-order valence-corrected chi connectivity index (χ0v) is 13.0. The van der Waals surface area contributed by atoms with Crippen molar-refractivity contribution in [3.63, 3.8) is 0 Å². The number of aromatic hydroxyl groups is 1. The lowest BCUT2D eigenvalue weighted by molar-refractivity contribution is 0.229. The van der Waals surface area contributed by atoms with E-state index < -0.39 is 0 Å². The van der Waals surface area contributed by atoms with Crippen LogP contribution in [0, 0.1) is 0 Å². The van der Waals surface area contributed by atoms with Gasteiger partial charge in [-0.1, -0.05) is 26.8 Å². The van der Waals surface area contributed by atoms with Crippen molar-refractivity contribution in [3.8, 4) is 11.5 Å². The number of ether oxygens (including phenoxy) is 1. The zero-order valence-electron chi connectivity index (χ0n) is 13.0. The number of nitrogens with zero attached hydrogens (tertiary/aromatic N) is 1. The summed E-state index contributed by atoms with van der Waals surface area (Å²) in [7, 11) is 1.61. The van der Waals surface area contributed by atoms with Crippen LogP contribution in [0.25, 0.3) is 0 Å². The van der Waals surface area contributed by atoms with Crippen LogP contribution in [-0.2, 0) is 12.0 Å². The SMILES string of the molecule is COc1cc(C(C)(C)C)cc(CN2CCNCC2)c1O. The van der Waals surface area contributed by atoms with Gasteiger partial charge in [0.2, 0.25) is 0 Å². The van der Waals surface area contributed by atoms with Gasteiger partial charge in [-0.25, -0.2) is 0 Å². The van der Waals surface area contributed by atoms with Gasteiger partial charge < -0.3 is 15.2 Å². The minimum absolute atomic E-state index is 0.0409. The highest BCUT2D eigenvalue weighted by molar-refractivity contribution is 5.50. The molecule has 20 heavy (non-hydrogen) atoms. The summed E-state index contributed by atoms with van der Waals surface area (Å²) in [5.74, 6) is 0.849. The van der Waals surface area contributed by atoms with Crippen LogP contribution in [0.3, 0.4) is 0 Å². The van der Waals surface area contributed by atoms with Crippen molar-refractivity contribution in [2.24, 2.45) is 0 Å². The lowest BCUT2D eigenvalue weighted by Gasteiger charge is -2.28. The van der Waals surface area contributed by atoms with E-state index in [1.807, 2.05) is 6.07 Å². The average Bonchev–Trinajstić information content (AvgIpc) is 2.41. The number of rotatable bonds is 3. The molecule has 0 bridgehead atoms. The van der Waals surface area contributed by atoms with Crippen molar-refractivity contribution >= 4 is 0 Å². The smallest absolute Gasteiger partial charge is 0.162 e. The molecule has 1 aliphatic heterocycles. The molecule has 0 saturated carbocycles. The van der Waals surface area contributed by atoms with Crippen LogP contribution < -0.4 is 10.1 Å². The third-order valence-electron chi connectivity index (χ3n) is 3.84. The molecule has 4 nitrogen and oxygen atoms in total. The first-order valence-corrected chi connectivity index (χ1v) is 7.25. The van der Waals surface area contributed by atoms with Gasteiger partial charge in [-0.2, -0.15) is 0 Å². The van der Waals surface area contributed by atoms with E-state index in [4.69, 9.17) is 4.74 Å². The quantitative estimate of drug-likeness (QED) is 0.889. The van der Waals surface area contributed by atoms with Crippen molar-refractivity contribution < 1.29 is 9.84 Å². The Morgan fingerprint density at radius 1 is 1.25 bits per heavy atom. The molecule has 1 aliphatic rings. The third-order valence-corrected chi connectivity index (χ3v) is 3.84. The molecular weight excluding hydrogens is 252 g/mol. The number of hydrogen-bond donors (Lipinski definition) is 2. The molecule has 2 N–H and O–H groups in total. The number of methoxy groups -OCH3 is 1. The summed E-state index contributed by atoms with van der Waals surface area (Å²) in [5, 5.41) is 13.7. The predicted octanol–water partition coefficient (Wildman–Crippen LogP) is 2.10. The maximum Gasteiger partial charge on any atom is 0.162 e. The highest BCUT2D eigenvalue weighted by Crippen LogP contribution is 2.36. The Balaban J connectivity index is 2.30. The molecule has 112 valence electrons. The number of phenols is 1. The molecule has 1 heterocycles. The third kappa shape index (κ3) is 3.44. The normalized spacial score (nSPS) is 17.2. The molecule has 0 unspecified atom stereocenters. The highest BCUT2D eigenvalue weighted by Gasteiger charge is 2.20. The zero-order chi connectivity index (χ0) is 14.8. The largest absolute Gasteiger partial charge is 0.504 e. The molecule has 0 radical (unpaired) electrons. The minimum atomic E-state index is 0.0409. The van der Waals surface area contributed by atoms with Crippen LogP contribution in [0.1, 0.15) is 31.9 Å². The summed E-state index contributed by atoms with van der Waals surface area (Å²) < 4.78 is 5.33. The van der Waals surface area contributed by atoms with E-state index in [-0.39, 0.29) is 11.2 Å². The number of nitrogens with one attached hydrogen (secondary N) is 1. The van der Waals surface area contributed by atoms with Crippen LogP contribution in [0.4, 0.5) is 0 Å². The summed E-state index contributed by atoms with van der Waals surface area (Å²) >= 11 is 0. The van der Waals surface area contributed by atoms with Gasteiger partial charge in [0, 0.05) is 38.3 Å². The fourth-order valence-corrected chi connectivity index (χ4v) is 2.48. The van der Waals surface area contributed by atoms with Gasteiger partial charge in [-0.05, 0) is 17.0 Å². The Hall–Kier alpha value is -1.26. The van der Waals surface area contributed by atoms with Crippen LogP contribution in [0.2, 0.25) is 0 Å². The van der Waals surface area contributed by atoms with E-state index in [0.29, 0.717) is 5.75 Å². The highest BCUT2D eigenvalue weighted by atomic mass is 16.5. The Morgan fingerprint density at radius 3 is 2.45 bits per heavy atom. The summed E-state index contributed by atoms with van der Waals surface area (Å²) in [5.41, 5.74) is 2.19.